The summed E-state index contributed by atoms with van der Waals surface area (Å²) in [6, 6.07) is 17.7. The summed E-state index contributed by atoms with van der Waals surface area (Å²) >= 11 is 0. The first-order valence-electron chi connectivity index (χ1n) is 9.75. The van der Waals surface area contributed by atoms with E-state index < -0.39 is 0 Å². The Hall–Kier alpha value is -1.56. The zero-order chi connectivity index (χ0) is 17.2. The third-order valence-corrected chi connectivity index (χ3v) is 6.58. The minimum Gasteiger partial charge on any atom is -0.0651 e. The van der Waals surface area contributed by atoms with Gasteiger partial charge in [-0.1, -0.05) is 82.1 Å². The van der Waals surface area contributed by atoms with Crippen molar-refractivity contribution < 1.29 is 0 Å². The van der Waals surface area contributed by atoms with Gasteiger partial charge in [-0.25, -0.2) is 0 Å². The van der Waals surface area contributed by atoms with Gasteiger partial charge in [-0.3, -0.25) is 0 Å². The molecule has 0 nitrogen and oxygen atoms in total. The normalized spacial score (nSPS) is 18.2. The van der Waals surface area contributed by atoms with Crippen LogP contribution in [0.4, 0.5) is 0 Å². The number of hydrogen-bond donors (Lipinski definition) is 0. The van der Waals surface area contributed by atoms with E-state index in [4.69, 9.17) is 0 Å². The van der Waals surface area contributed by atoms with Crippen molar-refractivity contribution in [1.82, 2.24) is 0 Å². The first-order valence-corrected chi connectivity index (χ1v) is 9.75. The minimum absolute atomic E-state index is 0.666. The minimum atomic E-state index is 0.666. The fourth-order valence-electron chi connectivity index (χ4n) is 4.91. The summed E-state index contributed by atoms with van der Waals surface area (Å²) in [5, 5.41) is 0. The fourth-order valence-corrected chi connectivity index (χ4v) is 4.91. The lowest BCUT2D eigenvalue weighted by Crippen LogP contribution is -2.24. The van der Waals surface area contributed by atoms with Gasteiger partial charge in [0.1, 0.15) is 0 Å². The molecule has 1 saturated carbocycles. The van der Waals surface area contributed by atoms with Crippen LogP contribution in [0, 0.1) is 24.2 Å². The molecule has 128 valence electrons. The smallest absolute Gasteiger partial charge is 0.0152 e. The molecule has 0 saturated heterocycles. The van der Waals surface area contributed by atoms with Crippen LogP contribution in [0.2, 0.25) is 0 Å². The van der Waals surface area contributed by atoms with Crippen molar-refractivity contribution in [3.8, 4) is 11.1 Å². The third-order valence-electron chi connectivity index (χ3n) is 6.58. The van der Waals surface area contributed by atoms with Gasteiger partial charge in [0.05, 0.1) is 0 Å². The number of hydrogen-bond acceptors (Lipinski definition) is 0. The average Bonchev–Trinajstić information content (AvgIpc) is 3.39. The Balaban J connectivity index is 1.83. The maximum atomic E-state index is 2.48. The lowest BCUT2D eigenvalue weighted by Gasteiger charge is -2.31. The van der Waals surface area contributed by atoms with Gasteiger partial charge in [-0.15, -0.1) is 0 Å². The highest BCUT2D eigenvalue weighted by atomic mass is 14.5. The molecular formula is C24H32. The summed E-state index contributed by atoms with van der Waals surface area (Å²) in [5.41, 5.74) is 6.40. The molecule has 24 heavy (non-hydrogen) atoms. The van der Waals surface area contributed by atoms with Gasteiger partial charge in [0, 0.05) is 0 Å². The molecule has 0 aliphatic heterocycles. The Morgan fingerprint density at radius 2 is 1.67 bits per heavy atom. The van der Waals surface area contributed by atoms with Crippen molar-refractivity contribution in [3.63, 3.8) is 0 Å². The molecule has 2 aromatic rings. The predicted octanol–water partition coefficient (Wildman–Crippen LogP) is 7.06. The van der Waals surface area contributed by atoms with Crippen LogP contribution >= 0.6 is 0 Å². The predicted molar refractivity (Wildman–Crippen MR) is 105 cm³/mol. The molecule has 0 amide bonds. The van der Waals surface area contributed by atoms with Crippen LogP contribution in [-0.4, -0.2) is 0 Å². The van der Waals surface area contributed by atoms with E-state index >= 15 is 0 Å². The van der Waals surface area contributed by atoms with Crippen LogP contribution < -0.4 is 0 Å². The Labute approximate surface area is 148 Å². The Bertz CT molecular complexity index is 664. The molecule has 2 aromatic carbocycles. The number of benzene rings is 2. The molecule has 0 heteroatoms. The molecule has 0 heterocycles. The molecule has 0 aromatic heterocycles. The molecular weight excluding hydrogens is 288 g/mol. The van der Waals surface area contributed by atoms with Crippen molar-refractivity contribution in [2.75, 3.05) is 0 Å². The molecule has 0 N–H and O–H groups in total. The van der Waals surface area contributed by atoms with Crippen LogP contribution in [0.15, 0.2) is 48.5 Å². The quantitative estimate of drug-likeness (QED) is 0.512. The molecule has 1 aliphatic rings. The molecule has 2 atom stereocenters. The Kier molecular flexibility index (Phi) is 5.13. The molecule has 1 aliphatic carbocycles. The molecule has 0 spiro atoms. The fraction of sp³-hybridized carbons (Fsp3) is 0.500. The highest BCUT2D eigenvalue weighted by Gasteiger charge is 2.48. The van der Waals surface area contributed by atoms with E-state index in [9.17, 15) is 0 Å². The average molecular weight is 321 g/mol. The van der Waals surface area contributed by atoms with Crippen LogP contribution in [0.1, 0.15) is 57.6 Å². The summed E-state index contributed by atoms with van der Waals surface area (Å²) < 4.78 is 0. The molecule has 0 bridgehead atoms. The Morgan fingerprint density at radius 3 is 2.25 bits per heavy atom. The summed E-state index contributed by atoms with van der Waals surface area (Å²) in [7, 11) is 0. The molecule has 1 fully saturated rings. The maximum absolute atomic E-state index is 2.48. The Morgan fingerprint density at radius 1 is 0.958 bits per heavy atom. The van der Waals surface area contributed by atoms with E-state index in [1.807, 2.05) is 0 Å². The SMILES string of the molecule is CC[C@H]([C@@H](C)Cc1cccc(-c2ccccc2)c1C)C1(CC)CC1. The van der Waals surface area contributed by atoms with E-state index in [1.165, 1.54) is 54.4 Å². The topological polar surface area (TPSA) is 0 Å². The van der Waals surface area contributed by atoms with E-state index in [1.54, 1.807) is 0 Å². The number of rotatable bonds is 7. The second-order valence-electron chi connectivity index (χ2n) is 7.87. The van der Waals surface area contributed by atoms with Gasteiger partial charge in [0.2, 0.25) is 0 Å². The monoisotopic (exact) mass is 320 g/mol. The lowest BCUT2D eigenvalue weighted by molar-refractivity contribution is 0.202. The largest absolute Gasteiger partial charge is 0.0651 e. The van der Waals surface area contributed by atoms with Crippen LogP contribution in [0.25, 0.3) is 11.1 Å². The third kappa shape index (κ3) is 3.29. The van der Waals surface area contributed by atoms with Gasteiger partial charge in [0.15, 0.2) is 0 Å². The maximum Gasteiger partial charge on any atom is -0.0152 e. The first-order chi connectivity index (χ1) is 11.6. The van der Waals surface area contributed by atoms with Gasteiger partial charge in [-0.05, 0) is 65.7 Å². The second-order valence-corrected chi connectivity index (χ2v) is 7.87. The highest BCUT2D eigenvalue weighted by Crippen LogP contribution is 2.58. The van der Waals surface area contributed by atoms with Crippen molar-refractivity contribution in [2.45, 2.75) is 59.8 Å². The van der Waals surface area contributed by atoms with E-state index in [2.05, 4.69) is 76.2 Å². The summed E-state index contributed by atoms with van der Waals surface area (Å²) in [5.74, 6) is 1.64. The van der Waals surface area contributed by atoms with Crippen molar-refractivity contribution in [1.29, 1.82) is 0 Å². The molecule has 0 radical (unpaired) electrons. The van der Waals surface area contributed by atoms with E-state index in [-0.39, 0.29) is 0 Å². The van der Waals surface area contributed by atoms with Crippen molar-refractivity contribution in [2.24, 2.45) is 17.3 Å². The summed E-state index contributed by atoms with van der Waals surface area (Å²) in [4.78, 5) is 0. The van der Waals surface area contributed by atoms with Crippen LogP contribution in [0.5, 0.6) is 0 Å². The zero-order valence-corrected chi connectivity index (χ0v) is 15.8. The second kappa shape index (κ2) is 7.13. The van der Waals surface area contributed by atoms with Crippen molar-refractivity contribution in [3.05, 3.63) is 59.7 Å². The highest BCUT2D eigenvalue weighted by molar-refractivity contribution is 5.68. The van der Waals surface area contributed by atoms with Crippen LogP contribution in [-0.2, 0) is 6.42 Å². The summed E-state index contributed by atoms with van der Waals surface area (Å²) in [6.07, 6.45) is 6.81. The van der Waals surface area contributed by atoms with Gasteiger partial charge in [0.25, 0.3) is 0 Å². The van der Waals surface area contributed by atoms with Gasteiger partial charge in [-0.2, -0.15) is 0 Å². The molecule has 0 unspecified atom stereocenters. The standard InChI is InChI=1S/C24H32/c1-5-23(24(6-2)15-16-24)18(3)17-21-13-10-14-22(19(21)4)20-11-8-7-9-12-20/h7-14,18,23H,5-6,15-17H2,1-4H3/t18-,23+/m0/s1. The van der Waals surface area contributed by atoms with E-state index in [0.717, 1.165) is 11.8 Å². The first kappa shape index (κ1) is 17.3. The summed E-state index contributed by atoms with van der Waals surface area (Å²) in [6.45, 7) is 9.57. The van der Waals surface area contributed by atoms with Gasteiger partial charge >= 0.3 is 0 Å². The van der Waals surface area contributed by atoms with Gasteiger partial charge < -0.3 is 0 Å². The van der Waals surface area contributed by atoms with E-state index in [0.29, 0.717) is 5.41 Å². The van der Waals surface area contributed by atoms with Crippen molar-refractivity contribution >= 4 is 0 Å². The zero-order valence-electron chi connectivity index (χ0n) is 15.8. The van der Waals surface area contributed by atoms with Crippen LogP contribution in [0.3, 0.4) is 0 Å². The lowest BCUT2D eigenvalue weighted by atomic mass is 9.74. The molecule has 3 rings (SSSR count).